The number of benzene rings is 7. The molecular weight excluding hydrogens is 643 g/mol. The highest BCUT2D eigenvalue weighted by atomic mass is 32.2. The van der Waals surface area contributed by atoms with Crippen molar-refractivity contribution in [3.8, 4) is 45.5 Å². The molecule has 5 nitrogen and oxygen atoms in total. The number of nitrogens with zero attached hydrogens (tertiary/aromatic N) is 5. The molecule has 0 fully saturated rings. The lowest BCUT2D eigenvalue weighted by atomic mass is 10.0. The summed E-state index contributed by atoms with van der Waals surface area (Å²) in [6.45, 7) is 0. The number of fused-ring (bicyclic) bond motifs is 8. The zero-order valence-electron chi connectivity index (χ0n) is 27.2. The van der Waals surface area contributed by atoms with Crippen molar-refractivity contribution in [2.45, 2.75) is 9.79 Å². The van der Waals surface area contributed by atoms with Crippen LogP contribution in [0.2, 0.25) is 0 Å². The van der Waals surface area contributed by atoms with Crippen LogP contribution in [0.25, 0.3) is 89.2 Å². The minimum absolute atomic E-state index is 0.645. The van der Waals surface area contributed by atoms with Gasteiger partial charge >= 0.3 is 0 Å². The molecule has 51 heavy (non-hydrogen) atoms. The smallest absolute Gasteiger partial charge is 0.164 e. The molecule has 11 rings (SSSR count). The summed E-state index contributed by atoms with van der Waals surface area (Å²) in [6, 6.07) is 57.6. The predicted molar refractivity (Wildman–Crippen MR) is 209 cm³/mol. The van der Waals surface area contributed by atoms with Crippen LogP contribution >= 0.6 is 11.8 Å². The van der Waals surface area contributed by atoms with E-state index in [-0.39, 0.29) is 0 Å². The van der Waals surface area contributed by atoms with Crippen molar-refractivity contribution >= 4 is 55.4 Å². The van der Waals surface area contributed by atoms with E-state index in [4.69, 9.17) is 15.0 Å². The molecule has 0 atom stereocenters. The number of aromatic nitrogens is 5. The number of hydrogen-bond acceptors (Lipinski definition) is 4. The quantitative estimate of drug-likeness (QED) is 0.187. The predicted octanol–water partition coefficient (Wildman–Crippen LogP) is 11.5. The van der Waals surface area contributed by atoms with Gasteiger partial charge in [0.25, 0.3) is 0 Å². The van der Waals surface area contributed by atoms with Crippen molar-refractivity contribution in [1.29, 1.82) is 0 Å². The van der Waals surface area contributed by atoms with Crippen LogP contribution in [-0.2, 0) is 0 Å². The molecule has 4 heterocycles. The Labute approximate surface area is 297 Å². The normalized spacial score (nSPS) is 12.2. The van der Waals surface area contributed by atoms with Gasteiger partial charge in [-0.25, -0.2) is 15.0 Å². The Hall–Kier alpha value is -6.50. The summed E-state index contributed by atoms with van der Waals surface area (Å²) in [5.41, 5.74) is 8.78. The average molecular weight is 670 g/mol. The molecule has 0 amide bonds. The Morgan fingerprint density at radius 3 is 1.75 bits per heavy atom. The minimum Gasteiger partial charge on any atom is -0.294 e. The first-order valence-electron chi connectivity index (χ1n) is 17.0. The minimum atomic E-state index is 0.645. The fourth-order valence-corrected chi connectivity index (χ4v) is 8.87. The van der Waals surface area contributed by atoms with Gasteiger partial charge in [0.15, 0.2) is 17.5 Å². The molecule has 0 unspecified atom stereocenters. The molecule has 7 aromatic carbocycles. The van der Waals surface area contributed by atoms with Gasteiger partial charge in [-0.3, -0.25) is 9.13 Å². The summed E-state index contributed by atoms with van der Waals surface area (Å²) in [5.74, 6) is 1.95. The van der Waals surface area contributed by atoms with Crippen LogP contribution < -0.4 is 0 Å². The van der Waals surface area contributed by atoms with Crippen molar-refractivity contribution in [2.75, 3.05) is 0 Å². The lowest BCUT2D eigenvalue weighted by molar-refractivity contribution is 1.03. The van der Waals surface area contributed by atoms with E-state index in [1.54, 1.807) is 0 Å². The Morgan fingerprint density at radius 2 is 0.980 bits per heavy atom. The van der Waals surface area contributed by atoms with E-state index in [9.17, 15) is 0 Å². The maximum Gasteiger partial charge on any atom is 0.164 e. The Balaban J connectivity index is 1.22. The van der Waals surface area contributed by atoms with Gasteiger partial charge in [0.2, 0.25) is 0 Å². The van der Waals surface area contributed by atoms with Crippen LogP contribution in [0.3, 0.4) is 0 Å². The lowest BCUT2D eigenvalue weighted by Gasteiger charge is -2.21. The van der Waals surface area contributed by atoms with Crippen molar-refractivity contribution in [2.24, 2.45) is 0 Å². The summed E-state index contributed by atoms with van der Waals surface area (Å²) in [6.07, 6.45) is 0. The Morgan fingerprint density at radius 1 is 0.392 bits per heavy atom. The van der Waals surface area contributed by atoms with Crippen LogP contribution in [-0.4, -0.2) is 24.1 Å². The van der Waals surface area contributed by atoms with E-state index in [0.29, 0.717) is 17.5 Å². The zero-order chi connectivity index (χ0) is 33.5. The van der Waals surface area contributed by atoms with Crippen molar-refractivity contribution in [3.63, 3.8) is 0 Å². The molecule has 0 spiro atoms. The van der Waals surface area contributed by atoms with Gasteiger partial charge in [-0.15, -0.1) is 0 Å². The van der Waals surface area contributed by atoms with Crippen molar-refractivity contribution < 1.29 is 0 Å². The molecule has 0 bridgehead atoms. The van der Waals surface area contributed by atoms with Gasteiger partial charge < -0.3 is 0 Å². The second-order valence-electron chi connectivity index (χ2n) is 12.8. The summed E-state index contributed by atoms with van der Waals surface area (Å²) in [5, 5.41) is 5.98. The fraction of sp³-hybridized carbons (Fsp3) is 0. The molecule has 238 valence electrons. The van der Waals surface area contributed by atoms with Crippen LogP contribution in [0.4, 0.5) is 0 Å². The molecule has 1 aliphatic rings. The molecule has 10 aromatic rings. The maximum absolute atomic E-state index is 5.10. The largest absolute Gasteiger partial charge is 0.294 e. The second kappa shape index (κ2) is 11.0. The second-order valence-corrected chi connectivity index (χ2v) is 13.9. The summed E-state index contributed by atoms with van der Waals surface area (Å²) >= 11 is 1.85. The molecule has 0 N–H and O–H groups in total. The van der Waals surface area contributed by atoms with Crippen LogP contribution in [0, 0.1) is 0 Å². The highest BCUT2D eigenvalue weighted by Crippen LogP contribution is 2.50. The number of para-hydroxylation sites is 3. The maximum atomic E-state index is 5.10. The van der Waals surface area contributed by atoms with Gasteiger partial charge in [-0.05, 0) is 41.8 Å². The monoisotopic (exact) mass is 669 g/mol. The number of rotatable bonds is 4. The molecule has 0 radical (unpaired) electrons. The zero-order valence-corrected chi connectivity index (χ0v) is 28.0. The summed E-state index contributed by atoms with van der Waals surface area (Å²) in [7, 11) is 0. The molecule has 6 heteroatoms. The van der Waals surface area contributed by atoms with Gasteiger partial charge in [-0.2, -0.15) is 0 Å². The molecular formula is C45H27N5S. The first-order chi connectivity index (χ1) is 25.3. The first-order valence-corrected chi connectivity index (χ1v) is 17.9. The third-order valence-electron chi connectivity index (χ3n) is 9.96. The van der Waals surface area contributed by atoms with Crippen molar-refractivity contribution in [1.82, 2.24) is 24.1 Å². The third-order valence-corrected chi connectivity index (χ3v) is 11.1. The van der Waals surface area contributed by atoms with Crippen LogP contribution in [0.1, 0.15) is 0 Å². The van der Waals surface area contributed by atoms with E-state index in [2.05, 4.69) is 112 Å². The SMILES string of the molecule is c1ccc(-c2nc(-c3ccccc3)nc(-c3ccc(-n4c5ccccc5c5c6cccc7c6n(c54)-c4ccccc4S7)c4ccccc34)n2)cc1. The third kappa shape index (κ3) is 4.20. The Bertz CT molecular complexity index is 2940. The molecule has 3 aromatic heterocycles. The molecule has 0 saturated carbocycles. The van der Waals surface area contributed by atoms with Gasteiger partial charge in [-0.1, -0.05) is 139 Å². The standard InChI is InChI=1S/C45H27N5S/c1-3-14-28(15-4-1)42-46-43(29-16-5-2-6-17-29)48-44(47-42)32-26-27-36(31-19-8-7-18-30(31)32)49-35-22-10-9-20-33(35)40-34-21-13-25-39-41(34)50(45(40)49)37-23-11-12-24-38(37)51-39/h1-27H. The highest BCUT2D eigenvalue weighted by molar-refractivity contribution is 7.99. The van der Waals surface area contributed by atoms with E-state index in [1.807, 2.05) is 72.4 Å². The molecule has 0 saturated heterocycles. The van der Waals surface area contributed by atoms with Gasteiger partial charge in [0, 0.05) is 48.0 Å². The Kier molecular flexibility index (Phi) is 6.12. The van der Waals surface area contributed by atoms with Crippen LogP contribution in [0.15, 0.2) is 174 Å². The average Bonchev–Trinajstić information content (AvgIpc) is 3.72. The van der Waals surface area contributed by atoms with E-state index >= 15 is 0 Å². The summed E-state index contributed by atoms with van der Waals surface area (Å²) < 4.78 is 4.95. The van der Waals surface area contributed by atoms with E-state index in [0.717, 1.165) is 33.2 Å². The molecule has 0 aliphatic carbocycles. The summed E-state index contributed by atoms with van der Waals surface area (Å²) in [4.78, 5) is 17.7. The lowest BCUT2D eigenvalue weighted by Crippen LogP contribution is -2.06. The number of hydrogen-bond donors (Lipinski definition) is 0. The fourth-order valence-electron chi connectivity index (χ4n) is 7.77. The van der Waals surface area contributed by atoms with Gasteiger partial charge in [0.05, 0.1) is 22.4 Å². The van der Waals surface area contributed by atoms with Gasteiger partial charge in [0.1, 0.15) is 5.65 Å². The van der Waals surface area contributed by atoms with Crippen LogP contribution in [0.5, 0.6) is 0 Å². The highest BCUT2D eigenvalue weighted by Gasteiger charge is 2.28. The van der Waals surface area contributed by atoms with E-state index in [1.165, 1.54) is 48.3 Å². The first kappa shape index (κ1) is 28.3. The topological polar surface area (TPSA) is 48.5 Å². The molecule has 1 aliphatic heterocycles. The van der Waals surface area contributed by atoms with E-state index < -0.39 is 0 Å². The van der Waals surface area contributed by atoms with Crippen molar-refractivity contribution in [3.05, 3.63) is 164 Å².